The summed E-state index contributed by atoms with van der Waals surface area (Å²) < 4.78 is 13.3. The fourth-order valence-corrected chi connectivity index (χ4v) is 2.89. The molecule has 5 nitrogen and oxygen atoms in total. The Morgan fingerprint density at radius 2 is 1.92 bits per heavy atom. The van der Waals surface area contributed by atoms with E-state index in [1.807, 2.05) is 24.3 Å². The molecule has 0 saturated carbocycles. The number of H-pyrrole nitrogens is 1. The largest absolute Gasteiger partial charge is 0.361 e. The maximum Gasteiger partial charge on any atom is 0.270 e. The third kappa shape index (κ3) is 3.46. The fourth-order valence-electron chi connectivity index (χ4n) is 2.36. The lowest BCUT2D eigenvalue weighted by atomic mass is 10.1. The van der Waals surface area contributed by atoms with Crippen molar-refractivity contribution < 1.29 is 14.0 Å². The first-order valence-electron chi connectivity index (χ1n) is 7.14. The molecule has 0 radical (unpaired) electrons. The molecular weight excluding hydrogens is 377 g/mol. The lowest BCUT2D eigenvalue weighted by molar-refractivity contribution is -0.121. The third-order valence-electron chi connectivity index (χ3n) is 3.52. The molecule has 0 fully saturated rings. The van der Waals surface area contributed by atoms with Gasteiger partial charge in [-0.05, 0) is 45.8 Å². The Balaban J connectivity index is 1.62. The second kappa shape index (κ2) is 6.84. The number of aromatic amines is 1. The fraction of sp³-hybridized carbons (Fsp3) is 0.0588. The van der Waals surface area contributed by atoms with Crippen molar-refractivity contribution >= 4 is 38.6 Å². The molecular formula is C17H13BrFN3O2. The quantitative estimate of drug-likeness (QED) is 0.602. The Morgan fingerprint density at radius 1 is 1.12 bits per heavy atom. The van der Waals surface area contributed by atoms with Crippen LogP contribution >= 0.6 is 15.9 Å². The second-order valence-electron chi connectivity index (χ2n) is 5.16. The molecule has 0 saturated heterocycles. The average molecular weight is 390 g/mol. The molecule has 0 unspecified atom stereocenters. The molecule has 0 aliphatic heterocycles. The van der Waals surface area contributed by atoms with Crippen molar-refractivity contribution in [2.45, 2.75) is 6.42 Å². The van der Waals surface area contributed by atoms with Gasteiger partial charge in [-0.15, -0.1) is 0 Å². The predicted octanol–water partition coefficient (Wildman–Crippen LogP) is 3.07. The molecule has 0 atom stereocenters. The van der Waals surface area contributed by atoms with Crippen molar-refractivity contribution in [1.82, 2.24) is 15.8 Å². The van der Waals surface area contributed by atoms with Crippen LogP contribution in [-0.4, -0.2) is 16.8 Å². The SMILES string of the molecule is O=C(Cc1c[nH]c2ccccc12)NNC(=O)c1ccc(F)cc1Br. The maximum atomic E-state index is 13.0. The van der Waals surface area contributed by atoms with Crippen LogP contribution < -0.4 is 10.9 Å². The van der Waals surface area contributed by atoms with Gasteiger partial charge in [0.25, 0.3) is 5.91 Å². The topological polar surface area (TPSA) is 74.0 Å². The highest BCUT2D eigenvalue weighted by Crippen LogP contribution is 2.19. The second-order valence-corrected chi connectivity index (χ2v) is 6.02. The summed E-state index contributed by atoms with van der Waals surface area (Å²) in [5.74, 6) is -1.35. The molecule has 0 aliphatic rings. The number of fused-ring (bicyclic) bond motifs is 1. The van der Waals surface area contributed by atoms with Crippen LogP contribution in [0, 0.1) is 5.82 Å². The zero-order valence-electron chi connectivity index (χ0n) is 12.4. The van der Waals surface area contributed by atoms with Crippen molar-refractivity contribution in [2.75, 3.05) is 0 Å². The van der Waals surface area contributed by atoms with Crippen molar-refractivity contribution in [2.24, 2.45) is 0 Å². The lowest BCUT2D eigenvalue weighted by Crippen LogP contribution is -2.42. The monoisotopic (exact) mass is 389 g/mol. The summed E-state index contributed by atoms with van der Waals surface area (Å²) in [6.45, 7) is 0. The normalized spacial score (nSPS) is 10.6. The summed E-state index contributed by atoms with van der Waals surface area (Å²) in [7, 11) is 0. The standard InChI is InChI=1S/C17H13BrFN3O2/c18-14-8-11(19)5-6-13(14)17(24)22-21-16(23)7-10-9-20-15-4-2-1-3-12(10)15/h1-6,8-9,20H,7H2,(H,21,23)(H,22,24). The minimum Gasteiger partial charge on any atom is -0.361 e. The first-order chi connectivity index (χ1) is 11.5. The molecule has 0 bridgehead atoms. The summed E-state index contributed by atoms with van der Waals surface area (Å²) >= 11 is 3.11. The Morgan fingerprint density at radius 3 is 2.71 bits per heavy atom. The van der Waals surface area contributed by atoms with Gasteiger partial charge in [0.1, 0.15) is 5.82 Å². The molecule has 7 heteroatoms. The van der Waals surface area contributed by atoms with E-state index < -0.39 is 11.7 Å². The van der Waals surface area contributed by atoms with Crippen LogP contribution in [0.4, 0.5) is 4.39 Å². The van der Waals surface area contributed by atoms with Crippen molar-refractivity contribution in [1.29, 1.82) is 0 Å². The Bertz CT molecular complexity index is 923. The molecule has 3 rings (SSSR count). The summed E-state index contributed by atoms with van der Waals surface area (Å²) in [5.41, 5.74) is 6.68. The number of halogens is 2. The highest BCUT2D eigenvalue weighted by atomic mass is 79.9. The lowest BCUT2D eigenvalue weighted by Gasteiger charge is -2.08. The van der Waals surface area contributed by atoms with Gasteiger partial charge >= 0.3 is 0 Å². The molecule has 2 amide bonds. The maximum absolute atomic E-state index is 13.0. The summed E-state index contributed by atoms with van der Waals surface area (Å²) in [4.78, 5) is 27.1. The minimum atomic E-state index is -0.533. The number of rotatable bonds is 3. The van der Waals surface area contributed by atoms with Gasteiger partial charge in [0.05, 0.1) is 12.0 Å². The number of amides is 2. The van der Waals surface area contributed by atoms with E-state index in [0.717, 1.165) is 16.5 Å². The van der Waals surface area contributed by atoms with Crippen LogP contribution in [-0.2, 0) is 11.2 Å². The van der Waals surface area contributed by atoms with Gasteiger partial charge in [0.15, 0.2) is 0 Å². The van der Waals surface area contributed by atoms with E-state index in [2.05, 4.69) is 31.8 Å². The van der Waals surface area contributed by atoms with Crippen molar-refractivity contribution in [3.8, 4) is 0 Å². The zero-order valence-corrected chi connectivity index (χ0v) is 14.0. The average Bonchev–Trinajstić information content (AvgIpc) is 2.96. The number of carbonyl (C=O) groups excluding carboxylic acids is 2. The van der Waals surface area contributed by atoms with Gasteiger partial charge in [0.2, 0.25) is 5.91 Å². The number of aromatic nitrogens is 1. The van der Waals surface area contributed by atoms with Crippen LogP contribution in [0.25, 0.3) is 10.9 Å². The summed E-state index contributed by atoms with van der Waals surface area (Å²) in [6.07, 6.45) is 1.89. The Labute approximate surface area is 145 Å². The molecule has 1 aromatic heterocycles. The molecule has 2 aromatic carbocycles. The molecule has 0 aliphatic carbocycles. The van der Waals surface area contributed by atoms with Crippen LogP contribution in [0.5, 0.6) is 0 Å². The van der Waals surface area contributed by atoms with Gasteiger partial charge in [-0.2, -0.15) is 0 Å². The van der Waals surface area contributed by atoms with E-state index in [4.69, 9.17) is 0 Å². The minimum absolute atomic E-state index is 0.120. The van der Waals surface area contributed by atoms with E-state index in [1.54, 1.807) is 6.20 Å². The van der Waals surface area contributed by atoms with Gasteiger partial charge in [-0.3, -0.25) is 20.4 Å². The zero-order chi connectivity index (χ0) is 17.1. The van der Waals surface area contributed by atoms with E-state index in [1.165, 1.54) is 18.2 Å². The van der Waals surface area contributed by atoms with E-state index in [-0.39, 0.29) is 17.9 Å². The van der Waals surface area contributed by atoms with Gasteiger partial charge < -0.3 is 4.98 Å². The highest BCUT2D eigenvalue weighted by Gasteiger charge is 2.13. The third-order valence-corrected chi connectivity index (χ3v) is 4.17. The summed E-state index contributed by atoms with van der Waals surface area (Å²) in [6, 6.07) is 11.3. The summed E-state index contributed by atoms with van der Waals surface area (Å²) in [5, 5.41) is 0.959. The number of carbonyl (C=O) groups is 2. The number of nitrogens with one attached hydrogen (secondary N) is 3. The smallest absolute Gasteiger partial charge is 0.270 e. The molecule has 1 heterocycles. The van der Waals surface area contributed by atoms with Crippen LogP contribution in [0.3, 0.4) is 0 Å². The first kappa shape index (κ1) is 16.2. The number of hydrogen-bond donors (Lipinski definition) is 3. The molecule has 24 heavy (non-hydrogen) atoms. The van der Waals surface area contributed by atoms with Crippen molar-refractivity contribution in [3.05, 3.63) is 70.1 Å². The Hall–Kier alpha value is -2.67. The van der Waals surface area contributed by atoms with Crippen molar-refractivity contribution in [3.63, 3.8) is 0 Å². The number of hydrogen-bond acceptors (Lipinski definition) is 2. The molecule has 3 N–H and O–H groups in total. The van der Waals surface area contributed by atoms with E-state index >= 15 is 0 Å². The van der Waals surface area contributed by atoms with Crippen LogP contribution in [0.1, 0.15) is 15.9 Å². The Kier molecular flexibility index (Phi) is 4.61. The number of para-hydroxylation sites is 1. The number of benzene rings is 2. The molecule has 122 valence electrons. The van der Waals surface area contributed by atoms with E-state index in [9.17, 15) is 14.0 Å². The van der Waals surface area contributed by atoms with E-state index in [0.29, 0.717) is 4.47 Å². The highest BCUT2D eigenvalue weighted by molar-refractivity contribution is 9.10. The van der Waals surface area contributed by atoms with Crippen LogP contribution in [0.2, 0.25) is 0 Å². The van der Waals surface area contributed by atoms with Gasteiger partial charge in [-0.25, -0.2) is 4.39 Å². The van der Waals surface area contributed by atoms with Gasteiger partial charge in [-0.1, -0.05) is 18.2 Å². The predicted molar refractivity (Wildman–Crippen MR) is 91.7 cm³/mol. The van der Waals surface area contributed by atoms with Crippen LogP contribution in [0.15, 0.2) is 53.1 Å². The molecule has 0 spiro atoms. The first-order valence-corrected chi connectivity index (χ1v) is 7.93. The van der Waals surface area contributed by atoms with Gasteiger partial charge in [0, 0.05) is 21.6 Å². The number of hydrazine groups is 1. The molecule has 3 aromatic rings.